The van der Waals surface area contributed by atoms with E-state index in [9.17, 15) is 4.79 Å². The van der Waals surface area contributed by atoms with Crippen molar-refractivity contribution < 1.29 is 4.79 Å². The molecule has 5 nitrogen and oxygen atoms in total. The van der Waals surface area contributed by atoms with Crippen molar-refractivity contribution in [3.05, 3.63) is 56.2 Å². The molecular formula is C18H23BrN4OS. The van der Waals surface area contributed by atoms with Crippen molar-refractivity contribution in [3.63, 3.8) is 0 Å². The highest BCUT2D eigenvalue weighted by atomic mass is 79.9. The number of carbonyl (C=O) groups excluding carboxylic acids is 1. The standard InChI is InChI=1S/C18H23BrN4OS/c1-20-18(21-11-10-15-8-9-16(19)25-15)22-12-13-4-6-14(7-5-13)17(24)23(2)3/h4-9H,10-12H2,1-3H3,(H2,20,21,22). The normalized spacial score (nSPS) is 11.3. The van der Waals surface area contributed by atoms with Crippen molar-refractivity contribution >= 4 is 39.1 Å². The maximum Gasteiger partial charge on any atom is 0.253 e. The summed E-state index contributed by atoms with van der Waals surface area (Å²) in [4.78, 5) is 19.0. The Morgan fingerprint density at radius 2 is 1.88 bits per heavy atom. The highest BCUT2D eigenvalue weighted by molar-refractivity contribution is 9.11. The fourth-order valence-corrected chi connectivity index (χ4v) is 3.70. The zero-order chi connectivity index (χ0) is 18.2. The molecule has 0 saturated heterocycles. The lowest BCUT2D eigenvalue weighted by Crippen LogP contribution is -2.37. The van der Waals surface area contributed by atoms with Gasteiger partial charge in [-0.2, -0.15) is 0 Å². The van der Waals surface area contributed by atoms with E-state index in [0.29, 0.717) is 12.1 Å². The van der Waals surface area contributed by atoms with Gasteiger partial charge < -0.3 is 15.5 Å². The molecule has 1 aromatic carbocycles. The second kappa shape index (κ2) is 9.58. The van der Waals surface area contributed by atoms with Gasteiger partial charge in [0.2, 0.25) is 0 Å². The molecule has 0 radical (unpaired) electrons. The molecule has 2 N–H and O–H groups in total. The van der Waals surface area contributed by atoms with Crippen molar-refractivity contribution in [2.45, 2.75) is 13.0 Å². The van der Waals surface area contributed by atoms with E-state index in [1.54, 1.807) is 37.4 Å². The van der Waals surface area contributed by atoms with Crippen LogP contribution in [0.2, 0.25) is 0 Å². The van der Waals surface area contributed by atoms with Gasteiger partial charge in [0.05, 0.1) is 3.79 Å². The van der Waals surface area contributed by atoms with E-state index < -0.39 is 0 Å². The molecule has 0 aliphatic rings. The lowest BCUT2D eigenvalue weighted by Gasteiger charge is -2.13. The molecule has 1 aromatic heterocycles. The number of guanidine groups is 1. The Morgan fingerprint density at radius 3 is 2.44 bits per heavy atom. The van der Waals surface area contributed by atoms with Crippen LogP contribution >= 0.6 is 27.3 Å². The molecule has 0 aliphatic carbocycles. The lowest BCUT2D eigenvalue weighted by molar-refractivity contribution is 0.0827. The Labute approximate surface area is 161 Å². The number of aliphatic imine (C=N–C) groups is 1. The number of thiophene rings is 1. The molecule has 25 heavy (non-hydrogen) atoms. The van der Waals surface area contributed by atoms with E-state index in [1.165, 1.54) is 4.88 Å². The average Bonchev–Trinajstić information content (AvgIpc) is 3.03. The summed E-state index contributed by atoms with van der Waals surface area (Å²) in [5, 5.41) is 6.60. The summed E-state index contributed by atoms with van der Waals surface area (Å²) in [5.41, 5.74) is 1.79. The number of benzene rings is 1. The van der Waals surface area contributed by atoms with Crippen LogP contribution in [0, 0.1) is 0 Å². The van der Waals surface area contributed by atoms with Crippen molar-refractivity contribution in [3.8, 4) is 0 Å². The van der Waals surface area contributed by atoms with Crippen LogP contribution in [-0.4, -0.2) is 44.5 Å². The van der Waals surface area contributed by atoms with Gasteiger partial charge in [-0.25, -0.2) is 0 Å². The first kappa shape index (κ1) is 19.5. The number of rotatable bonds is 6. The van der Waals surface area contributed by atoms with Gasteiger partial charge in [0.1, 0.15) is 0 Å². The fraction of sp³-hybridized carbons (Fsp3) is 0.333. The van der Waals surface area contributed by atoms with Crippen LogP contribution in [0.15, 0.2) is 45.2 Å². The van der Waals surface area contributed by atoms with Crippen LogP contribution in [0.1, 0.15) is 20.8 Å². The third-order valence-electron chi connectivity index (χ3n) is 3.58. The second-order valence-corrected chi connectivity index (χ2v) is 8.25. The molecule has 134 valence electrons. The Morgan fingerprint density at radius 1 is 1.16 bits per heavy atom. The van der Waals surface area contributed by atoms with Crippen LogP contribution in [0.4, 0.5) is 0 Å². The van der Waals surface area contributed by atoms with Gasteiger partial charge in [0.15, 0.2) is 5.96 Å². The minimum atomic E-state index is 0.0113. The van der Waals surface area contributed by atoms with Gasteiger partial charge in [0.25, 0.3) is 5.91 Å². The molecule has 0 spiro atoms. The fourth-order valence-electron chi connectivity index (χ4n) is 2.22. The predicted octanol–water partition coefficient (Wildman–Crippen LogP) is 3.12. The second-order valence-electron chi connectivity index (χ2n) is 5.70. The predicted molar refractivity (Wildman–Crippen MR) is 108 cm³/mol. The number of nitrogens with zero attached hydrogens (tertiary/aromatic N) is 2. The third kappa shape index (κ3) is 6.17. The Bertz CT molecular complexity index is 725. The van der Waals surface area contributed by atoms with Crippen LogP contribution in [0.5, 0.6) is 0 Å². The highest BCUT2D eigenvalue weighted by Gasteiger charge is 2.07. The first-order chi connectivity index (χ1) is 12.0. The van der Waals surface area contributed by atoms with Crippen LogP contribution in [0.3, 0.4) is 0 Å². The molecule has 7 heteroatoms. The van der Waals surface area contributed by atoms with E-state index in [-0.39, 0.29) is 5.91 Å². The van der Waals surface area contributed by atoms with Crippen molar-refractivity contribution in [1.82, 2.24) is 15.5 Å². The van der Waals surface area contributed by atoms with E-state index in [0.717, 1.165) is 28.3 Å². The molecule has 0 unspecified atom stereocenters. The molecule has 0 aliphatic heterocycles. The summed E-state index contributed by atoms with van der Waals surface area (Å²) < 4.78 is 1.15. The number of carbonyl (C=O) groups is 1. The number of amides is 1. The third-order valence-corrected chi connectivity index (χ3v) is 5.27. The van der Waals surface area contributed by atoms with Gasteiger partial charge in [-0.3, -0.25) is 9.79 Å². The summed E-state index contributed by atoms with van der Waals surface area (Å²) in [6.07, 6.45) is 0.957. The van der Waals surface area contributed by atoms with E-state index in [2.05, 4.69) is 43.7 Å². The van der Waals surface area contributed by atoms with Gasteiger partial charge in [0, 0.05) is 44.7 Å². The van der Waals surface area contributed by atoms with Crippen molar-refractivity contribution in [2.75, 3.05) is 27.7 Å². The molecule has 1 amide bonds. The first-order valence-corrected chi connectivity index (χ1v) is 9.60. The Kier molecular flexibility index (Phi) is 7.46. The monoisotopic (exact) mass is 422 g/mol. The van der Waals surface area contributed by atoms with Crippen LogP contribution in [0.25, 0.3) is 0 Å². The Hall–Kier alpha value is -1.86. The molecule has 0 fully saturated rings. The SMILES string of the molecule is CN=C(NCCc1ccc(Br)s1)NCc1ccc(C(=O)N(C)C)cc1. The van der Waals surface area contributed by atoms with Gasteiger partial charge in [-0.1, -0.05) is 12.1 Å². The van der Waals surface area contributed by atoms with Gasteiger partial charge in [-0.05, 0) is 52.2 Å². The summed E-state index contributed by atoms with van der Waals surface area (Å²) in [6.45, 7) is 1.48. The van der Waals surface area contributed by atoms with Crippen LogP contribution < -0.4 is 10.6 Å². The molecule has 2 aromatic rings. The minimum Gasteiger partial charge on any atom is -0.356 e. The minimum absolute atomic E-state index is 0.0113. The number of hydrogen-bond donors (Lipinski definition) is 2. The largest absolute Gasteiger partial charge is 0.356 e. The molecule has 0 saturated carbocycles. The number of hydrogen-bond acceptors (Lipinski definition) is 3. The molecule has 0 bridgehead atoms. The maximum absolute atomic E-state index is 11.9. The van der Waals surface area contributed by atoms with E-state index in [4.69, 9.17) is 0 Å². The first-order valence-electron chi connectivity index (χ1n) is 7.99. The van der Waals surface area contributed by atoms with Crippen LogP contribution in [-0.2, 0) is 13.0 Å². The number of halogens is 1. The summed E-state index contributed by atoms with van der Waals surface area (Å²) in [5.74, 6) is 0.779. The number of nitrogens with one attached hydrogen (secondary N) is 2. The van der Waals surface area contributed by atoms with E-state index >= 15 is 0 Å². The summed E-state index contributed by atoms with van der Waals surface area (Å²) in [7, 11) is 5.26. The van der Waals surface area contributed by atoms with Gasteiger partial charge in [-0.15, -0.1) is 11.3 Å². The highest BCUT2D eigenvalue weighted by Crippen LogP contribution is 2.22. The zero-order valence-corrected chi connectivity index (χ0v) is 17.1. The zero-order valence-electron chi connectivity index (χ0n) is 14.7. The molecule has 0 atom stereocenters. The average molecular weight is 423 g/mol. The summed E-state index contributed by atoms with van der Waals surface area (Å²) >= 11 is 5.23. The smallest absolute Gasteiger partial charge is 0.253 e. The molecular weight excluding hydrogens is 400 g/mol. The quantitative estimate of drug-likeness (QED) is 0.555. The lowest BCUT2D eigenvalue weighted by atomic mass is 10.1. The van der Waals surface area contributed by atoms with Crippen molar-refractivity contribution in [2.24, 2.45) is 4.99 Å². The summed E-state index contributed by atoms with van der Waals surface area (Å²) in [6, 6.07) is 11.8. The molecule has 1 heterocycles. The van der Waals surface area contributed by atoms with E-state index in [1.807, 2.05) is 24.3 Å². The van der Waals surface area contributed by atoms with Crippen molar-refractivity contribution in [1.29, 1.82) is 0 Å². The van der Waals surface area contributed by atoms with Gasteiger partial charge >= 0.3 is 0 Å². The Balaban J connectivity index is 1.79. The maximum atomic E-state index is 11.9. The molecule has 2 rings (SSSR count). The topological polar surface area (TPSA) is 56.7 Å².